The van der Waals surface area contributed by atoms with E-state index in [0.29, 0.717) is 18.1 Å². The SMILES string of the molecule is CC[C@@H](Oc1cccc(OC)c1)C(=O)N1CCC[C@@H](C)C1. The molecule has 1 aromatic rings. The Kier molecular flexibility index (Phi) is 5.48. The summed E-state index contributed by atoms with van der Waals surface area (Å²) in [5.41, 5.74) is 0. The molecule has 1 fully saturated rings. The number of hydrogen-bond donors (Lipinski definition) is 0. The molecule has 0 saturated carbocycles. The van der Waals surface area contributed by atoms with Gasteiger partial charge in [-0.05, 0) is 37.3 Å². The van der Waals surface area contributed by atoms with Crippen molar-refractivity contribution in [2.24, 2.45) is 5.92 Å². The largest absolute Gasteiger partial charge is 0.497 e. The Balaban J connectivity index is 2.02. The minimum Gasteiger partial charge on any atom is -0.497 e. The molecule has 0 spiro atoms. The molecule has 4 heteroatoms. The number of ether oxygens (including phenoxy) is 2. The number of amides is 1. The van der Waals surface area contributed by atoms with Gasteiger partial charge >= 0.3 is 0 Å². The molecule has 1 aliphatic heterocycles. The molecule has 21 heavy (non-hydrogen) atoms. The molecule has 1 aromatic carbocycles. The molecule has 4 nitrogen and oxygen atoms in total. The number of nitrogens with zero attached hydrogens (tertiary/aromatic N) is 1. The summed E-state index contributed by atoms with van der Waals surface area (Å²) in [6, 6.07) is 7.41. The van der Waals surface area contributed by atoms with E-state index >= 15 is 0 Å². The number of benzene rings is 1. The number of piperidine rings is 1. The Labute approximate surface area is 127 Å². The van der Waals surface area contributed by atoms with Gasteiger partial charge in [0.1, 0.15) is 11.5 Å². The number of methoxy groups -OCH3 is 1. The van der Waals surface area contributed by atoms with Crippen molar-refractivity contribution in [2.45, 2.75) is 39.2 Å². The number of hydrogen-bond acceptors (Lipinski definition) is 3. The van der Waals surface area contributed by atoms with E-state index in [1.165, 1.54) is 6.42 Å². The number of likely N-dealkylation sites (tertiary alicyclic amines) is 1. The van der Waals surface area contributed by atoms with Gasteiger partial charge in [-0.2, -0.15) is 0 Å². The third kappa shape index (κ3) is 4.13. The zero-order valence-electron chi connectivity index (χ0n) is 13.2. The molecule has 116 valence electrons. The summed E-state index contributed by atoms with van der Waals surface area (Å²) in [6.45, 7) is 5.87. The Hall–Kier alpha value is -1.71. The monoisotopic (exact) mass is 291 g/mol. The van der Waals surface area contributed by atoms with Crippen molar-refractivity contribution in [3.63, 3.8) is 0 Å². The topological polar surface area (TPSA) is 38.8 Å². The molecule has 1 saturated heterocycles. The van der Waals surface area contributed by atoms with Crippen LogP contribution in [0.5, 0.6) is 11.5 Å². The molecule has 0 unspecified atom stereocenters. The van der Waals surface area contributed by atoms with Crippen molar-refractivity contribution in [3.8, 4) is 11.5 Å². The van der Waals surface area contributed by atoms with Crippen LogP contribution in [0.3, 0.4) is 0 Å². The molecule has 0 bridgehead atoms. The minimum atomic E-state index is -0.414. The fourth-order valence-electron chi connectivity index (χ4n) is 2.74. The number of carbonyl (C=O) groups is 1. The highest BCUT2D eigenvalue weighted by Crippen LogP contribution is 2.22. The van der Waals surface area contributed by atoms with E-state index in [4.69, 9.17) is 9.47 Å². The second-order valence-corrected chi connectivity index (χ2v) is 5.73. The third-order valence-corrected chi connectivity index (χ3v) is 3.93. The van der Waals surface area contributed by atoms with Gasteiger partial charge < -0.3 is 14.4 Å². The minimum absolute atomic E-state index is 0.104. The summed E-state index contributed by atoms with van der Waals surface area (Å²) in [6.07, 6.45) is 2.54. The zero-order valence-corrected chi connectivity index (χ0v) is 13.2. The Morgan fingerprint density at radius 1 is 1.43 bits per heavy atom. The fraction of sp³-hybridized carbons (Fsp3) is 0.588. The predicted octanol–water partition coefficient (Wildman–Crippen LogP) is 3.11. The van der Waals surface area contributed by atoms with E-state index in [-0.39, 0.29) is 5.91 Å². The van der Waals surface area contributed by atoms with Crippen molar-refractivity contribution in [3.05, 3.63) is 24.3 Å². The van der Waals surface area contributed by atoms with Crippen molar-refractivity contribution in [2.75, 3.05) is 20.2 Å². The average molecular weight is 291 g/mol. The molecule has 2 atom stereocenters. The lowest BCUT2D eigenvalue weighted by atomic mass is 9.99. The molecule has 0 aromatic heterocycles. The molecule has 1 amide bonds. The maximum atomic E-state index is 12.6. The van der Waals surface area contributed by atoms with Gasteiger partial charge in [0.2, 0.25) is 0 Å². The lowest BCUT2D eigenvalue weighted by Crippen LogP contribution is -2.46. The first-order valence-corrected chi connectivity index (χ1v) is 7.73. The van der Waals surface area contributed by atoms with Crippen molar-refractivity contribution >= 4 is 5.91 Å². The standard InChI is InChI=1S/C17H25NO3/c1-4-16(17(19)18-10-6-7-13(2)12-18)21-15-9-5-8-14(11-15)20-3/h5,8-9,11,13,16H,4,6-7,10,12H2,1-3H3/t13-,16-/m1/s1. The van der Waals surface area contributed by atoms with Gasteiger partial charge in [-0.1, -0.05) is 19.9 Å². The van der Waals surface area contributed by atoms with E-state index in [0.717, 1.165) is 25.3 Å². The van der Waals surface area contributed by atoms with E-state index in [9.17, 15) is 4.79 Å². The number of rotatable bonds is 5. The molecular formula is C17H25NO3. The van der Waals surface area contributed by atoms with Crippen LogP contribution < -0.4 is 9.47 Å². The van der Waals surface area contributed by atoms with Crippen LogP contribution in [-0.2, 0) is 4.79 Å². The van der Waals surface area contributed by atoms with Crippen molar-refractivity contribution < 1.29 is 14.3 Å². The van der Waals surface area contributed by atoms with Crippen molar-refractivity contribution in [1.82, 2.24) is 4.90 Å². The average Bonchev–Trinajstić information content (AvgIpc) is 2.52. The summed E-state index contributed by atoms with van der Waals surface area (Å²) in [5, 5.41) is 0. The number of carbonyl (C=O) groups excluding carboxylic acids is 1. The smallest absolute Gasteiger partial charge is 0.263 e. The lowest BCUT2D eigenvalue weighted by Gasteiger charge is -2.33. The predicted molar refractivity (Wildman–Crippen MR) is 82.7 cm³/mol. The summed E-state index contributed by atoms with van der Waals surface area (Å²) in [4.78, 5) is 14.6. The quantitative estimate of drug-likeness (QED) is 0.836. The lowest BCUT2D eigenvalue weighted by molar-refractivity contribution is -0.140. The summed E-state index contributed by atoms with van der Waals surface area (Å²) in [7, 11) is 1.62. The highest BCUT2D eigenvalue weighted by molar-refractivity contribution is 5.81. The van der Waals surface area contributed by atoms with Crippen molar-refractivity contribution in [1.29, 1.82) is 0 Å². The molecule has 1 heterocycles. The van der Waals surface area contributed by atoms with E-state index < -0.39 is 6.10 Å². The first-order chi connectivity index (χ1) is 10.1. The molecule has 0 aliphatic carbocycles. The maximum absolute atomic E-state index is 12.6. The van der Waals surface area contributed by atoms with E-state index in [1.807, 2.05) is 36.1 Å². The van der Waals surface area contributed by atoms with Gasteiger partial charge in [-0.15, -0.1) is 0 Å². The van der Waals surface area contributed by atoms with Crippen LogP contribution in [-0.4, -0.2) is 37.1 Å². The summed E-state index contributed by atoms with van der Waals surface area (Å²) < 4.78 is 11.1. The molecule has 0 radical (unpaired) electrons. The van der Waals surface area contributed by atoms with E-state index in [1.54, 1.807) is 7.11 Å². The summed E-state index contributed by atoms with van der Waals surface area (Å²) in [5.74, 6) is 2.10. The first-order valence-electron chi connectivity index (χ1n) is 7.73. The second kappa shape index (κ2) is 7.34. The fourth-order valence-corrected chi connectivity index (χ4v) is 2.74. The zero-order chi connectivity index (χ0) is 15.2. The summed E-state index contributed by atoms with van der Waals surface area (Å²) >= 11 is 0. The Morgan fingerprint density at radius 3 is 2.86 bits per heavy atom. The first kappa shape index (κ1) is 15.7. The van der Waals surface area contributed by atoms with Crippen LogP contribution in [0.15, 0.2) is 24.3 Å². The van der Waals surface area contributed by atoms with Crippen LogP contribution in [0, 0.1) is 5.92 Å². The van der Waals surface area contributed by atoms with Crippen LogP contribution in [0.2, 0.25) is 0 Å². The Morgan fingerprint density at radius 2 is 2.19 bits per heavy atom. The third-order valence-electron chi connectivity index (χ3n) is 3.93. The Bertz CT molecular complexity index is 475. The molecule has 2 rings (SSSR count). The van der Waals surface area contributed by atoms with E-state index in [2.05, 4.69) is 6.92 Å². The van der Waals surface area contributed by atoms with Gasteiger partial charge in [0.15, 0.2) is 6.10 Å². The van der Waals surface area contributed by atoms with Gasteiger partial charge in [0.25, 0.3) is 5.91 Å². The maximum Gasteiger partial charge on any atom is 0.263 e. The molecule has 1 aliphatic rings. The van der Waals surface area contributed by atoms with Gasteiger partial charge in [-0.25, -0.2) is 0 Å². The van der Waals surface area contributed by atoms with Gasteiger partial charge in [0, 0.05) is 19.2 Å². The van der Waals surface area contributed by atoms with Crippen LogP contribution in [0.1, 0.15) is 33.1 Å². The van der Waals surface area contributed by atoms with Crippen LogP contribution >= 0.6 is 0 Å². The normalized spacial score (nSPS) is 20.0. The van der Waals surface area contributed by atoms with Gasteiger partial charge in [-0.3, -0.25) is 4.79 Å². The highest BCUT2D eigenvalue weighted by atomic mass is 16.5. The second-order valence-electron chi connectivity index (χ2n) is 5.73. The van der Waals surface area contributed by atoms with Crippen LogP contribution in [0.4, 0.5) is 0 Å². The molecular weight excluding hydrogens is 266 g/mol. The highest BCUT2D eigenvalue weighted by Gasteiger charge is 2.27. The van der Waals surface area contributed by atoms with Gasteiger partial charge in [0.05, 0.1) is 7.11 Å². The molecule has 0 N–H and O–H groups in total. The van der Waals surface area contributed by atoms with Crippen LogP contribution in [0.25, 0.3) is 0 Å².